The second kappa shape index (κ2) is 4.86. The average molecular weight is 216 g/mol. The molecule has 1 heterocycles. The summed E-state index contributed by atoms with van der Waals surface area (Å²) in [6, 6.07) is 0.602. The van der Waals surface area contributed by atoms with Crippen molar-refractivity contribution in [2.75, 3.05) is 18.8 Å². The summed E-state index contributed by atoms with van der Waals surface area (Å²) in [6.07, 6.45) is 1.25. The molecule has 0 aromatic heterocycles. The lowest BCUT2D eigenvalue weighted by atomic mass is 9.89. The molecule has 14 heavy (non-hydrogen) atoms. The molecule has 0 aromatic carbocycles. The van der Waals surface area contributed by atoms with Gasteiger partial charge < -0.3 is 5.73 Å². The van der Waals surface area contributed by atoms with Gasteiger partial charge in [-0.05, 0) is 32.6 Å². The number of nitrogens with zero attached hydrogens (tertiary/aromatic N) is 1. The summed E-state index contributed by atoms with van der Waals surface area (Å²) < 4.78 is 0. The van der Waals surface area contributed by atoms with Crippen LogP contribution in [0.1, 0.15) is 34.1 Å². The van der Waals surface area contributed by atoms with Crippen LogP contribution in [0.25, 0.3) is 0 Å². The van der Waals surface area contributed by atoms with E-state index in [1.54, 1.807) is 0 Å². The number of thioether (sulfide) groups is 1. The minimum absolute atomic E-state index is 0.258. The summed E-state index contributed by atoms with van der Waals surface area (Å²) in [7, 11) is 0. The van der Waals surface area contributed by atoms with Crippen LogP contribution in [0.5, 0.6) is 0 Å². The molecule has 2 unspecified atom stereocenters. The van der Waals surface area contributed by atoms with Crippen LogP contribution >= 0.6 is 11.8 Å². The zero-order chi connectivity index (χ0) is 10.8. The highest BCUT2D eigenvalue weighted by atomic mass is 32.2. The Kier molecular flexibility index (Phi) is 4.29. The molecule has 0 aliphatic carbocycles. The molecule has 2 nitrogen and oxygen atoms in total. The first kappa shape index (κ1) is 12.3. The van der Waals surface area contributed by atoms with Gasteiger partial charge >= 0.3 is 0 Å². The molecule has 0 bridgehead atoms. The number of hydrogen-bond donors (Lipinski definition) is 1. The van der Waals surface area contributed by atoms with Crippen LogP contribution in [0.2, 0.25) is 0 Å². The van der Waals surface area contributed by atoms with E-state index in [1.807, 2.05) is 0 Å². The molecular formula is C11H24N2S. The van der Waals surface area contributed by atoms with Crippen LogP contribution in [0.4, 0.5) is 0 Å². The van der Waals surface area contributed by atoms with Crippen LogP contribution in [-0.2, 0) is 0 Å². The van der Waals surface area contributed by atoms with Crippen molar-refractivity contribution < 1.29 is 0 Å². The van der Waals surface area contributed by atoms with Crippen molar-refractivity contribution >= 4 is 11.8 Å². The predicted octanol–water partition coefficient (Wildman–Crippen LogP) is 1.94. The fourth-order valence-corrected chi connectivity index (χ4v) is 4.21. The lowest BCUT2D eigenvalue weighted by Gasteiger charge is -2.45. The first-order valence-electron chi connectivity index (χ1n) is 5.67. The van der Waals surface area contributed by atoms with E-state index in [2.05, 4.69) is 44.4 Å². The second-order valence-electron chi connectivity index (χ2n) is 4.45. The monoisotopic (exact) mass is 216 g/mol. The van der Waals surface area contributed by atoms with Gasteiger partial charge in [0.2, 0.25) is 0 Å². The first-order chi connectivity index (χ1) is 6.58. The molecule has 0 saturated carbocycles. The molecule has 1 rings (SSSR count). The van der Waals surface area contributed by atoms with Gasteiger partial charge in [-0.15, -0.1) is 0 Å². The van der Waals surface area contributed by atoms with Gasteiger partial charge in [-0.1, -0.05) is 13.8 Å². The number of rotatable bonds is 4. The van der Waals surface area contributed by atoms with Gasteiger partial charge in [-0.25, -0.2) is 0 Å². The summed E-state index contributed by atoms with van der Waals surface area (Å²) >= 11 is 2.07. The molecule has 0 radical (unpaired) electrons. The Balaban J connectivity index is 2.86. The van der Waals surface area contributed by atoms with Gasteiger partial charge in [-0.3, -0.25) is 4.90 Å². The van der Waals surface area contributed by atoms with Crippen LogP contribution in [0, 0.1) is 0 Å². The Morgan fingerprint density at radius 3 is 2.50 bits per heavy atom. The summed E-state index contributed by atoms with van der Waals surface area (Å²) in [5, 5.41) is 0.676. The Bertz CT molecular complexity index is 184. The molecular weight excluding hydrogens is 192 g/mol. The zero-order valence-electron chi connectivity index (χ0n) is 9.92. The molecule has 1 saturated heterocycles. The lowest BCUT2D eigenvalue weighted by molar-refractivity contribution is 0.0709. The summed E-state index contributed by atoms with van der Waals surface area (Å²) in [5.74, 6) is 1.27. The van der Waals surface area contributed by atoms with Crippen LogP contribution in [0.3, 0.4) is 0 Å². The highest BCUT2D eigenvalue weighted by molar-refractivity contribution is 8.00. The normalized spacial score (nSPS) is 33.2. The molecule has 84 valence electrons. The maximum absolute atomic E-state index is 6.02. The van der Waals surface area contributed by atoms with Crippen LogP contribution in [-0.4, -0.2) is 40.6 Å². The highest BCUT2D eigenvalue weighted by Gasteiger charge is 2.44. The van der Waals surface area contributed by atoms with Crippen molar-refractivity contribution in [3.05, 3.63) is 0 Å². The second-order valence-corrected chi connectivity index (χ2v) is 5.90. The molecule has 0 amide bonds. The van der Waals surface area contributed by atoms with E-state index < -0.39 is 0 Å². The summed E-state index contributed by atoms with van der Waals surface area (Å²) in [6.45, 7) is 11.0. The van der Waals surface area contributed by atoms with E-state index in [9.17, 15) is 0 Å². The molecule has 1 aliphatic heterocycles. The standard InChI is InChI=1S/C11H24N2S/c1-5-13(9(2)3)11(8-12)6-7-14-10(11)4/h9-10H,5-8,12H2,1-4H3. The van der Waals surface area contributed by atoms with Crippen molar-refractivity contribution in [3.8, 4) is 0 Å². The van der Waals surface area contributed by atoms with Crippen molar-refractivity contribution in [1.29, 1.82) is 0 Å². The van der Waals surface area contributed by atoms with Crippen molar-refractivity contribution in [3.63, 3.8) is 0 Å². The van der Waals surface area contributed by atoms with Gasteiger partial charge in [0.05, 0.1) is 0 Å². The molecule has 1 fully saturated rings. The Hall–Kier alpha value is 0.270. The minimum atomic E-state index is 0.258. The fourth-order valence-electron chi connectivity index (χ4n) is 2.73. The molecule has 2 atom stereocenters. The summed E-state index contributed by atoms with van der Waals surface area (Å²) in [5.41, 5.74) is 6.28. The minimum Gasteiger partial charge on any atom is -0.329 e. The third-order valence-corrected chi connectivity index (χ3v) is 4.93. The van der Waals surface area contributed by atoms with Crippen LogP contribution < -0.4 is 5.73 Å². The first-order valence-corrected chi connectivity index (χ1v) is 6.71. The Morgan fingerprint density at radius 2 is 2.21 bits per heavy atom. The maximum Gasteiger partial charge on any atom is 0.0457 e. The molecule has 0 aromatic rings. The van der Waals surface area contributed by atoms with E-state index in [1.165, 1.54) is 12.2 Å². The van der Waals surface area contributed by atoms with Gasteiger partial charge in [0.1, 0.15) is 0 Å². The average Bonchev–Trinajstić information content (AvgIpc) is 2.49. The van der Waals surface area contributed by atoms with Gasteiger partial charge in [0.25, 0.3) is 0 Å². The quantitative estimate of drug-likeness (QED) is 0.779. The Morgan fingerprint density at radius 1 is 1.57 bits per heavy atom. The van der Waals surface area contributed by atoms with E-state index in [0.29, 0.717) is 11.3 Å². The molecule has 2 N–H and O–H groups in total. The smallest absolute Gasteiger partial charge is 0.0457 e. The van der Waals surface area contributed by atoms with Gasteiger partial charge in [0, 0.05) is 23.4 Å². The van der Waals surface area contributed by atoms with Gasteiger partial charge in [-0.2, -0.15) is 11.8 Å². The Labute approximate surface area is 92.6 Å². The van der Waals surface area contributed by atoms with Gasteiger partial charge in [0.15, 0.2) is 0 Å². The van der Waals surface area contributed by atoms with Crippen LogP contribution in [0.15, 0.2) is 0 Å². The van der Waals surface area contributed by atoms with E-state index in [4.69, 9.17) is 5.73 Å². The molecule has 0 spiro atoms. The third kappa shape index (κ3) is 1.95. The highest BCUT2D eigenvalue weighted by Crippen LogP contribution is 2.40. The summed E-state index contributed by atoms with van der Waals surface area (Å²) in [4.78, 5) is 2.58. The number of likely N-dealkylation sites (N-methyl/N-ethyl adjacent to an activating group) is 1. The predicted molar refractivity (Wildman–Crippen MR) is 65.8 cm³/mol. The zero-order valence-corrected chi connectivity index (χ0v) is 10.7. The fraction of sp³-hybridized carbons (Fsp3) is 1.00. The van der Waals surface area contributed by atoms with Crippen molar-refractivity contribution in [2.45, 2.75) is 50.9 Å². The molecule has 1 aliphatic rings. The third-order valence-electron chi connectivity index (χ3n) is 3.55. The SMILES string of the molecule is CCN(C(C)C)C1(CN)CCSC1C. The van der Waals surface area contributed by atoms with Crippen molar-refractivity contribution in [1.82, 2.24) is 4.90 Å². The maximum atomic E-state index is 6.02. The van der Waals surface area contributed by atoms with E-state index in [-0.39, 0.29) is 5.54 Å². The van der Waals surface area contributed by atoms with E-state index in [0.717, 1.165) is 13.1 Å². The molecule has 3 heteroatoms. The topological polar surface area (TPSA) is 29.3 Å². The lowest BCUT2D eigenvalue weighted by Crippen LogP contribution is -2.59. The number of hydrogen-bond acceptors (Lipinski definition) is 3. The van der Waals surface area contributed by atoms with E-state index >= 15 is 0 Å². The number of nitrogens with two attached hydrogens (primary N) is 1. The largest absolute Gasteiger partial charge is 0.329 e. The van der Waals surface area contributed by atoms with Crippen molar-refractivity contribution in [2.24, 2.45) is 5.73 Å².